The number of aryl methyl sites for hydroxylation is 1. The number of aliphatic carboxylic acids is 1. The van der Waals surface area contributed by atoms with E-state index in [-0.39, 0.29) is 24.5 Å². The molecule has 2 aromatic rings. The summed E-state index contributed by atoms with van der Waals surface area (Å²) in [5.41, 5.74) is 2.93. The van der Waals surface area contributed by atoms with E-state index in [0.29, 0.717) is 5.69 Å². The first-order valence-corrected chi connectivity index (χ1v) is 8.50. The number of thiazole rings is 1. The number of carboxylic acids is 1. The summed E-state index contributed by atoms with van der Waals surface area (Å²) in [6.07, 6.45) is 0.253. The zero-order valence-corrected chi connectivity index (χ0v) is 14.4. The summed E-state index contributed by atoms with van der Waals surface area (Å²) < 4.78 is 0. The summed E-state index contributed by atoms with van der Waals surface area (Å²) in [6.45, 7) is 5.68. The Morgan fingerprint density at radius 1 is 1.22 bits per heavy atom. The summed E-state index contributed by atoms with van der Waals surface area (Å²) in [6, 6.07) is 8.08. The van der Waals surface area contributed by atoms with Crippen LogP contribution in [0.15, 0.2) is 29.6 Å². The number of aromatic nitrogens is 1. The fraction of sp³-hybridized carbons (Fsp3) is 0.389. The number of ketones is 1. The summed E-state index contributed by atoms with van der Waals surface area (Å²) >= 11 is 1.50. The van der Waals surface area contributed by atoms with Gasteiger partial charge in [-0.05, 0) is 12.8 Å². The molecule has 0 aliphatic heterocycles. The summed E-state index contributed by atoms with van der Waals surface area (Å²) in [7, 11) is 0. The first-order valence-electron chi connectivity index (χ1n) is 7.62. The van der Waals surface area contributed by atoms with E-state index in [1.165, 1.54) is 16.9 Å². The number of hydrogen-bond donors (Lipinski definition) is 1. The summed E-state index contributed by atoms with van der Waals surface area (Å²) in [4.78, 5) is 27.8. The highest BCUT2D eigenvalue weighted by Gasteiger charge is 2.24. The maximum atomic E-state index is 12.1. The third-order valence-corrected chi connectivity index (χ3v) is 4.74. The highest BCUT2D eigenvalue weighted by molar-refractivity contribution is 7.13. The van der Waals surface area contributed by atoms with Crippen molar-refractivity contribution >= 4 is 23.1 Å². The molecule has 0 unspecified atom stereocenters. The number of carbonyl (C=O) groups excluding carboxylic acids is 1. The van der Waals surface area contributed by atoms with Crippen molar-refractivity contribution in [3.05, 3.63) is 40.9 Å². The lowest BCUT2D eigenvalue weighted by molar-refractivity contribution is -0.145. The van der Waals surface area contributed by atoms with Crippen molar-refractivity contribution in [2.45, 2.75) is 33.6 Å². The SMILES string of the molecule is Cc1ccc(-c2nc(CC(=O)C[C@H](C(=O)O)C(C)C)cs2)cc1. The Balaban J connectivity index is 2.02. The zero-order chi connectivity index (χ0) is 17.0. The van der Waals surface area contributed by atoms with Crippen LogP contribution in [-0.4, -0.2) is 21.8 Å². The fourth-order valence-electron chi connectivity index (χ4n) is 2.34. The van der Waals surface area contributed by atoms with Crippen LogP contribution in [0, 0.1) is 18.8 Å². The molecule has 0 amide bonds. The largest absolute Gasteiger partial charge is 0.481 e. The van der Waals surface area contributed by atoms with Gasteiger partial charge in [-0.1, -0.05) is 43.7 Å². The standard InChI is InChI=1S/C18H21NO3S/c1-11(2)16(18(21)22)9-15(20)8-14-10-23-17(19-14)13-6-4-12(3)5-7-13/h4-7,10-11,16H,8-9H2,1-3H3,(H,21,22)/t16-/m0/s1. The molecule has 2 rings (SSSR count). The molecule has 0 saturated heterocycles. The summed E-state index contributed by atoms with van der Waals surface area (Å²) in [5.74, 6) is -1.67. The van der Waals surface area contributed by atoms with Crippen LogP contribution in [0.3, 0.4) is 0 Å². The van der Waals surface area contributed by atoms with Gasteiger partial charge >= 0.3 is 5.97 Å². The first kappa shape index (κ1) is 17.3. The maximum absolute atomic E-state index is 12.1. The van der Waals surface area contributed by atoms with Crippen LogP contribution in [-0.2, 0) is 16.0 Å². The van der Waals surface area contributed by atoms with Gasteiger partial charge in [0.05, 0.1) is 11.6 Å². The Morgan fingerprint density at radius 3 is 2.43 bits per heavy atom. The first-order chi connectivity index (χ1) is 10.9. The molecule has 0 radical (unpaired) electrons. The second kappa shape index (κ2) is 7.51. The average Bonchev–Trinajstić information content (AvgIpc) is 2.93. The smallest absolute Gasteiger partial charge is 0.307 e. The molecule has 0 spiro atoms. The molecule has 1 N–H and O–H groups in total. The number of nitrogens with zero attached hydrogens (tertiary/aromatic N) is 1. The predicted molar refractivity (Wildman–Crippen MR) is 91.6 cm³/mol. The highest BCUT2D eigenvalue weighted by Crippen LogP contribution is 2.25. The molecule has 1 heterocycles. The van der Waals surface area contributed by atoms with Crippen LogP contribution >= 0.6 is 11.3 Å². The van der Waals surface area contributed by atoms with Crippen LogP contribution in [0.5, 0.6) is 0 Å². The lowest BCUT2D eigenvalue weighted by Gasteiger charge is -2.14. The number of carboxylic acid groups (broad SMARTS) is 1. The molecule has 0 aliphatic carbocycles. The zero-order valence-electron chi connectivity index (χ0n) is 13.6. The van der Waals surface area contributed by atoms with Gasteiger partial charge < -0.3 is 5.11 Å². The molecule has 0 aliphatic rings. The molecule has 23 heavy (non-hydrogen) atoms. The van der Waals surface area contributed by atoms with E-state index in [4.69, 9.17) is 5.11 Å². The van der Waals surface area contributed by atoms with E-state index in [1.54, 1.807) is 0 Å². The molecule has 1 atom stereocenters. The van der Waals surface area contributed by atoms with Gasteiger partial charge in [-0.2, -0.15) is 0 Å². The highest BCUT2D eigenvalue weighted by atomic mass is 32.1. The van der Waals surface area contributed by atoms with E-state index in [9.17, 15) is 9.59 Å². The van der Waals surface area contributed by atoms with Crippen LogP contribution in [0.25, 0.3) is 10.6 Å². The lowest BCUT2D eigenvalue weighted by Crippen LogP contribution is -2.23. The number of hydrogen-bond acceptors (Lipinski definition) is 4. The van der Waals surface area contributed by atoms with Gasteiger partial charge in [0.1, 0.15) is 10.8 Å². The molecule has 0 bridgehead atoms. The van der Waals surface area contributed by atoms with E-state index in [2.05, 4.69) is 4.98 Å². The van der Waals surface area contributed by atoms with Crippen molar-refractivity contribution in [1.29, 1.82) is 0 Å². The van der Waals surface area contributed by atoms with Crippen LogP contribution < -0.4 is 0 Å². The minimum absolute atomic E-state index is 0.0599. The molecule has 4 nitrogen and oxygen atoms in total. The minimum atomic E-state index is -0.910. The molecular weight excluding hydrogens is 310 g/mol. The second-order valence-corrected chi connectivity index (χ2v) is 6.98. The third-order valence-electron chi connectivity index (χ3n) is 3.80. The number of Topliss-reactive ketones (excluding diaryl/α,β-unsaturated/α-hetero) is 1. The summed E-state index contributed by atoms with van der Waals surface area (Å²) in [5, 5.41) is 11.9. The minimum Gasteiger partial charge on any atom is -0.481 e. The Morgan fingerprint density at radius 2 is 1.87 bits per heavy atom. The molecular formula is C18H21NO3S. The van der Waals surface area contributed by atoms with Gasteiger partial charge in [-0.15, -0.1) is 11.3 Å². The Labute approximate surface area is 140 Å². The number of carbonyl (C=O) groups is 2. The molecule has 0 saturated carbocycles. The topological polar surface area (TPSA) is 67.3 Å². The number of rotatable bonds is 7. The Bertz CT molecular complexity index is 689. The van der Waals surface area contributed by atoms with E-state index in [0.717, 1.165) is 10.6 Å². The molecule has 0 fully saturated rings. The van der Waals surface area contributed by atoms with Crippen molar-refractivity contribution in [1.82, 2.24) is 4.98 Å². The van der Waals surface area contributed by atoms with Gasteiger partial charge in [-0.3, -0.25) is 9.59 Å². The van der Waals surface area contributed by atoms with Crippen LogP contribution in [0.4, 0.5) is 0 Å². The second-order valence-electron chi connectivity index (χ2n) is 6.12. The van der Waals surface area contributed by atoms with E-state index in [1.807, 2.05) is 50.4 Å². The van der Waals surface area contributed by atoms with Crippen molar-refractivity contribution in [2.75, 3.05) is 0 Å². The third kappa shape index (κ3) is 4.73. The Kier molecular flexibility index (Phi) is 5.66. The number of benzene rings is 1. The normalized spacial score (nSPS) is 12.3. The Hall–Kier alpha value is -2.01. The van der Waals surface area contributed by atoms with Crippen molar-refractivity contribution < 1.29 is 14.7 Å². The van der Waals surface area contributed by atoms with Crippen molar-refractivity contribution in [3.8, 4) is 10.6 Å². The van der Waals surface area contributed by atoms with E-state index >= 15 is 0 Å². The van der Waals surface area contributed by atoms with Crippen LogP contribution in [0.1, 0.15) is 31.5 Å². The van der Waals surface area contributed by atoms with Crippen molar-refractivity contribution in [3.63, 3.8) is 0 Å². The van der Waals surface area contributed by atoms with E-state index < -0.39 is 11.9 Å². The molecule has 1 aromatic carbocycles. The maximum Gasteiger partial charge on any atom is 0.307 e. The van der Waals surface area contributed by atoms with Gasteiger partial charge in [0.25, 0.3) is 0 Å². The lowest BCUT2D eigenvalue weighted by atomic mass is 9.90. The molecule has 5 heteroatoms. The quantitative estimate of drug-likeness (QED) is 0.833. The van der Waals surface area contributed by atoms with Crippen LogP contribution in [0.2, 0.25) is 0 Å². The van der Waals surface area contributed by atoms with Gasteiger partial charge in [0, 0.05) is 23.8 Å². The van der Waals surface area contributed by atoms with Gasteiger partial charge in [0.2, 0.25) is 0 Å². The molecule has 1 aromatic heterocycles. The van der Waals surface area contributed by atoms with Crippen molar-refractivity contribution in [2.24, 2.45) is 11.8 Å². The fourth-order valence-corrected chi connectivity index (χ4v) is 3.17. The molecule has 122 valence electrons. The monoisotopic (exact) mass is 331 g/mol. The predicted octanol–water partition coefficient (Wildman–Crippen LogP) is 3.98. The average molecular weight is 331 g/mol. The van der Waals surface area contributed by atoms with Gasteiger partial charge in [0.15, 0.2) is 0 Å². The van der Waals surface area contributed by atoms with Gasteiger partial charge in [-0.25, -0.2) is 4.98 Å².